The summed E-state index contributed by atoms with van der Waals surface area (Å²) in [6.07, 6.45) is 6.22. The van der Waals surface area contributed by atoms with Crippen LogP contribution in [-0.2, 0) is 9.59 Å². The molecule has 1 saturated heterocycles. The van der Waals surface area contributed by atoms with Gasteiger partial charge in [-0.2, -0.15) is 0 Å². The van der Waals surface area contributed by atoms with Crippen LogP contribution >= 0.6 is 0 Å². The van der Waals surface area contributed by atoms with Gasteiger partial charge in [-0.1, -0.05) is 25.2 Å². The molecule has 1 fully saturated rings. The minimum absolute atomic E-state index is 0.0431. The molecule has 1 N–H and O–H groups in total. The number of allylic oxidation sites excluding steroid dienone is 3. The van der Waals surface area contributed by atoms with E-state index in [1.54, 1.807) is 6.08 Å². The average Bonchev–Trinajstić information content (AvgIpc) is 2.55. The molecule has 0 radical (unpaired) electrons. The van der Waals surface area contributed by atoms with Gasteiger partial charge in [0.2, 0.25) is 5.91 Å². The van der Waals surface area contributed by atoms with Crippen molar-refractivity contribution in [2.75, 3.05) is 19.6 Å². The van der Waals surface area contributed by atoms with Crippen LogP contribution in [0.4, 0.5) is 0 Å². The molecule has 2 rings (SSSR count). The molecule has 4 nitrogen and oxygen atoms in total. The maximum atomic E-state index is 11.9. The fourth-order valence-corrected chi connectivity index (χ4v) is 2.11. The van der Waals surface area contributed by atoms with E-state index in [1.165, 1.54) is 4.90 Å². The van der Waals surface area contributed by atoms with Crippen molar-refractivity contribution in [2.24, 2.45) is 5.92 Å². The number of amides is 2. The van der Waals surface area contributed by atoms with Gasteiger partial charge in [0.1, 0.15) is 0 Å². The van der Waals surface area contributed by atoms with Crippen molar-refractivity contribution in [3.63, 3.8) is 0 Å². The molecular weight excluding hydrogens is 204 g/mol. The Balaban J connectivity index is 2.06. The van der Waals surface area contributed by atoms with Crippen LogP contribution in [0.5, 0.6) is 0 Å². The number of hydrogen-bond donors (Lipinski definition) is 1. The van der Waals surface area contributed by atoms with E-state index in [0.717, 1.165) is 6.54 Å². The molecule has 0 bridgehead atoms. The van der Waals surface area contributed by atoms with E-state index in [1.807, 2.05) is 19.1 Å². The van der Waals surface area contributed by atoms with Gasteiger partial charge < -0.3 is 5.32 Å². The second kappa shape index (κ2) is 4.61. The summed E-state index contributed by atoms with van der Waals surface area (Å²) < 4.78 is 0. The summed E-state index contributed by atoms with van der Waals surface area (Å²) in [6.45, 7) is 3.99. The summed E-state index contributed by atoms with van der Waals surface area (Å²) >= 11 is 0. The molecule has 1 heterocycles. The SMILES string of the molecule is CCNCCN1C(=O)C2=CC=CCC2C1=O. The van der Waals surface area contributed by atoms with Crippen LogP contribution in [0.25, 0.3) is 0 Å². The number of hydrogen-bond acceptors (Lipinski definition) is 3. The van der Waals surface area contributed by atoms with Crippen molar-refractivity contribution in [3.05, 3.63) is 23.8 Å². The van der Waals surface area contributed by atoms with Crippen molar-refractivity contribution in [1.82, 2.24) is 10.2 Å². The van der Waals surface area contributed by atoms with Gasteiger partial charge in [-0.25, -0.2) is 0 Å². The minimum atomic E-state index is -0.223. The van der Waals surface area contributed by atoms with E-state index in [9.17, 15) is 9.59 Å². The van der Waals surface area contributed by atoms with E-state index in [4.69, 9.17) is 0 Å². The maximum absolute atomic E-state index is 11.9. The first-order valence-corrected chi connectivity index (χ1v) is 5.69. The van der Waals surface area contributed by atoms with Crippen LogP contribution in [0.2, 0.25) is 0 Å². The lowest BCUT2D eigenvalue weighted by Crippen LogP contribution is -2.36. The molecule has 0 aromatic rings. The molecule has 2 aliphatic rings. The molecular formula is C12H16N2O2. The zero-order chi connectivity index (χ0) is 11.5. The van der Waals surface area contributed by atoms with Crippen molar-refractivity contribution in [3.8, 4) is 0 Å². The number of rotatable bonds is 4. The molecule has 1 aliphatic heterocycles. The van der Waals surface area contributed by atoms with Crippen LogP contribution in [0.3, 0.4) is 0 Å². The number of nitrogens with zero attached hydrogens (tertiary/aromatic N) is 1. The molecule has 0 saturated carbocycles. The van der Waals surface area contributed by atoms with E-state index in [-0.39, 0.29) is 17.7 Å². The van der Waals surface area contributed by atoms with Crippen molar-refractivity contribution in [2.45, 2.75) is 13.3 Å². The Bertz CT molecular complexity index is 371. The van der Waals surface area contributed by atoms with Crippen LogP contribution in [0, 0.1) is 5.92 Å². The Labute approximate surface area is 95.0 Å². The Kier molecular flexibility index (Phi) is 3.19. The summed E-state index contributed by atoms with van der Waals surface area (Å²) in [5, 5.41) is 3.12. The minimum Gasteiger partial charge on any atom is -0.315 e. The van der Waals surface area contributed by atoms with Gasteiger partial charge >= 0.3 is 0 Å². The zero-order valence-electron chi connectivity index (χ0n) is 9.40. The number of carbonyl (C=O) groups excluding carboxylic acids is 2. The molecule has 0 aromatic carbocycles. The molecule has 16 heavy (non-hydrogen) atoms. The van der Waals surface area contributed by atoms with Gasteiger partial charge in [0.25, 0.3) is 5.91 Å². The summed E-state index contributed by atoms with van der Waals surface area (Å²) in [5.41, 5.74) is 0.656. The normalized spacial score (nSPS) is 23.7. The molecule has 0 spiro atoms. The Hall–Kier alpha value is -1.42. The fourth-order valence-electron chi connectivity index (χ4n) is 2.11. The number of nitrogens with one attached hydrogen (secondary N) is 1. The maximum Gasteiger partial charge on any atom is 0.257 e. The van der Waals surface area contributed by atoms with Crippen molar-refractivity contribution >= 4 is 11.8 Å². The third-order valence-electron chi connectivity index (χ3n) is 2.98. The van der Waals surface area contributed by atoms with Crippen LogP contribution in [0.1, 0.15) is 13.3 Å². The van der Waals surface area contributed by atoms with Crippen LogP contribution in [-0.4, -0.2) is 36.3 Å². The largest absolute Gasteiger partial charge is 0.315 e. The number of fused-ring (bicyclic) bond motifs is 1. The number of carbonyl (C=O) groups is 2. The molecule has 0 aromatic heterocycles. The van der Waals surface area contributed by atoms with Gasteiger partial charge in [-0.15, -0.1) is 0 Å². The standard InChI is InChI=1S/C12H16N2O2/c1-2-13-7-8-14-11(15)9-5-3-4-6-10(9)12(14)16/h3-5,10,13H,2,6-8H2,1H3. The van der Waals surface area contributed by atoms with Gasteiger partial charge in [-0.3, -0.25) is 14.5 Å². The third-order valence-corrected chi connectivity index (χ3v) is 2.98. The fraction of sp³-hybridized carbons (Fsp3) is 0.500. The second-order valence-electron chi connectivity index (χ2n) is 3.99. The first kappa shape index (κ1) is 11.1. The van der Waals surface area contributed by atoms with E-state index in [0.29, 0.717) is 25.1 Å². The lowest BCUT2D eigenvalue weighted by Gasteiger charge is -2.13. The summed E-state index contributed by atoms with van der Waals surface area (Å²) in [6, 6.07) is 0. The number of likely N-dealkylation sites (N-methyl/N-ethyl adjacent to an activating group) is 1. The third kappa shape index (κ3) is 1.80. The van der Waals surface area contributed by atoms with Gasteiger partial charge in [-0.05, 0) is 13.0 Å². The first-order valence-electron chi connectivity index (χ1n) is 5.69. The first-order chi connectivity index (χ1) is 7.75. The average molecular weight is 220 g/mol. The predicted octanol–water partition coefficient (Wildman–Crippen LogP) is 0.467. The quantitative estimate of drug-likeness (QED) is 0.553. The number of imide groups is 1. The van der Waals surface area contributed by atoms with Crippen LogP contribution in [0.15, 0.2) is 23.8 Å². The van der Waals surface area contributed by atoms with Crippen molar-refractivity contribution in [1.29, 1.82) is 0 Å². The van der Waals surface area contributed by atoms with Crippen LogP contribution < -0.4 is 5.32 Å². The highest BCUT2D eigenvalue weighted by Gasteiger charge is 2.42. The van der Waals surface area contributed by atoms with Crippen molar-refractivity contribution < 1.29 is 9.59 Å². The Morgan fingerprint density at radius 3 is 3.00 bits per heavy atom. The highest BCUT2D eigenvalue weighted by molar-refractivity contribution is 6.15. The van der Waals surface area contributed by atoms with E-state index < -0.39 is 0 Å². The molecule has 2 amide bonds. The summed E-state index contributed by atoms with van der Waals surface area (Å²) in [4.78, 5) is 25.2. The van der Waals surface area contributed by atoms with Gasteiger partial charge in [0.05, 0.1) is 5.92 Å². The Morgan fingerprint density at radius 2 is 2.31 bits per heavy atom. The highest BCUT2D eigenvalue weighted by atomic mass is 16.2. The lowest BCUT2D eigenvalue weighted by molar-refractivity contribution is -0.138. The molecule has 86 valence electrons. The lowest BCUT2D eigenvalue weighted by atomic mass is 9.94. The van der Waals surface area contributed by atoms with Gasteiger partial charge in [0, 0.05) is 18.7 Å². The van der Waals surface area contributed by atoms with E-state index in [2.05, 4.69) is 5.32 Å². The number of likely N-dealkylation sites (tertiary alicyclic amines) is 1. The zero-order valence-corrected chi connectivity index (χ0v) is 9.40. The topological polar surface area (TPSA) is 49.4 Å². The monoisotopic (exact) mass is 220 g/mol. The Morgan fingerprint density at radius 1 is 1.50 bits per heavy atom. The summed E-state index contributed by atoms with van der Waals surface area (Å²) in [7, 11) is 0. The molecule has 1 aliphatic carbocycles. The molecule has 4 heteroatoms. The highest BCUT2D eigenvalue weighted by Crippen LogP contribution is 2.30. The van der Waals surface area contributed by atoms with Gasteiger partial charge in [0.15, 0.2) is 0 Å². The molecule has 1 unspecified atom stereocenters. The predicted molar refractivity (Wildman–Crippen MR) is 60.6 cm³/mol. The second-order valence-corrected chi connectivity index (χ2v) is 3.99. The molecule has 1 atom stereocenters. The smallest absolute Gasteiger partial charge is 0.257 e. The van der Waals surface area contributed by atoms with E-state index >= 15 is 0 Å². The summed E-state index contributed by atoms with van der Waals surface area (Å²) in [5.74, 6) is -0.380.